The quantitative estimate of drug-likeness (QED) is 0.639. The van der Waals surface area contributed by atoms with Crippen LogP contribution in [0.5, 0.6) is 0 Å². The van der Waals surface area contributed by atoms with Gasteiger partial charge in [-0.25, -0.2) is 4.79 Å². The third kappa shape index (κ3) is 1.83. The van der Waals surface area contributed by atoms with Gasteiger partial charge in [0.05, 0.1) is 19.3 Å². The van der Waals surface area contributed by atoms with E-state index in [-0.39, 0.29) is 12.2 Å². The van der Waals surface area contributed by atoms with Crippen LogP contribution in [0.3, 0.4) is 0 Å². The van der Waals surface area contributed by atoms with Crippen molar-refractivity contribution in [1.29, 1.82) is 0 Å². The molecule has 2 rings (SSSR count). The molecule has 0 aromatic rings. The third-order valence-electron chi connectivity index (χ3n) is 1.79. The average Bonchev–Trinajstić information content (AvgIpc) is 2.72. The number of ether oxygens (including phenoxy) is 2. The van der Waals surface area contributed by atoms with Crippen LogP contribution in [0.25, 0.3) is 0 Å². The van der Waals surface area contributed by atoms with Crippen molar-refractivity contribution >= 4 is 6.09 Å². The highest BCUT2D eigenvalue weighted by atomic mass is 16.6. The van der Waals surface area contributed by atoms with Crippen LogP contribution in [0.15, 0.2) is 0 Å². The molecule has 4 heteroatoms. The number of hydrogen-bond donors (Lipinski definition) is 1. The Morgan fingerprint density at radius 1 is 1.64 bits per heavy atom. The summed E-state index contributed by atoms with van der Waals surface area (Å²) in [5, 5.41) is 2.57. The minimum atomic E-state index is -0.325. The fraction of sp³-hybridized carbons (Fsp3) is 0.857. The van der Waals surface area contributed by atoms with E-state index in [1.165, 1.54) is 0 Å². The number of hydrogen-bond acceptors (Lipinski definition) is 3. The maximum atomic E-state index is 10.5. The molecule has 0 spiro atoms. The predicted molar refractivity (Wildman–Crippen MR) is 37.2 cm³/mol. The lowest BCUT2D eigenvalue weighted by atomic mass is 10.4. The van der Waals surface area contributed by atoms with Crippen molar-refractivity contribution in [1.82, 2.24) is 5.32 Å². The van der Waals surface area contributed by atoms with Gasteiger partial charge in [-0.05, 0) is 12.8 Å². The van der Waals surface area contributed by atoms with E-state index < -0.39 is 0 Å². The fourth-order valence-corrected chi connectivity index (χ4v) is 1.00. The monoisotopic (exact) mass is 157 g/mol. The molecule has 1 saturated heterocycles. The maximum absolute atomic E-state index is 10.5. The third-order valence-corrected chi connectivity index (χ3v) is 1.79. The number of nitrogens with one attached hydrogen (secondary N) is 1. The Hall–Kier alpha value is -0.770. The Morgan fingerprint density at radius 3 is 3.00 bits per heavy atom. The minimum absolute atomic E-state index is 0.0666. The molecule has 1 amide bonds. The van der Waals surface area contributed by atoms with E-state index in [9.17, 15) is 4.79 Å². The molecule has 1 aliphatic heterocycles. The lowest BCUT2D eigenvalue weighted by Crippen LogP contribution is -2.20. The second-order valence-corrected chi connectivity index (χ2v) is 2.94. The van der Waals surface area contributed by atoms with Gasteiger partial charge >= 0.3 is 6.09 Å². The average molecular weight is 157 g/mol. The molecule has 1 saturated carbocycles. The van der Waals surface area contributed by atoms with Gasteiger partial charge in [0.15, 0.2) is 0 Å². The van der Waals surface area contributed by atoms with Crippen LogP contribution in [0.4, 0.5) is 4.79 Å². The zero-order valence-electron chi connectivity index (χ0n) is 6.21. The van der Waals surface area contributed by atoms with Gasteiger partial charge in [0.1, 0.15) is 6.10 Å². The van der Waals surface area contributed by atoms with E-state index in [0.29, 0.717) is 19.3 Å². The van der Waals surface area contributed by atoms with E-state index >= 15 is 0 Å². The molecule has 1 heterocycles. The van der Waals surface area contributed by atoms with Crippen LogP contribution in [0.2, 0.25) is 0 Å². The molecule has 1 aliphatic carbocycles. The summed E-state index contributed by atoms with van der Waals surface area (Å²) in [7, 11) is 0. The highest BCUT2D eigenvalue weighted by molar-refractivity contribution is 5.69. The van der Waals surface area contributed by atoms with Crippen LogP contribution >= 0.6 is 0 Å². The molecule has 0 radical (unpaired) electrons. The van der Waals surface area contributed by atoms with E-state index in [1.54, 1.807) is 0 Å². The predicted octanol–water partition coefficient (Wildman–Crippen LogP) is 0.274. The molecule has 0 aromatic heterocycles. The number of cyclic esters (lactones) is 1. The summed E-state index contributed by atoms with van der Waals surface area (Å²) in [6.45, 7) is 1.13. The molecule has 62 valence electrons. The summed E-state index contributed by atoms with van der Waals surface area (Å²) in [4.78, 5) is 10.5. The van der Waals surface area contributed by atoms with Crippen LogP contribution in [-0.4, -0.2) is 31.5 Å². The smallest absolute Gasteiger partial charge is 0.407 e. The number of amides is 1. The van der Waals surface area contributed by atoms with Crippen molar-refractivity contribution in [3.05, 3.63) is 0 Å². The van der Waals surface area contributed by atoms with Gasteiger partial charge in [-0.2, -0.15) is 0 Å². The molecule has 0 bridgehead atoms. The zero-order chi connectivity index (χ0) is 7.68. The lowest BCUT2D eigenvalue weighted by Gasteiger charge is -2.06. The van der Waals surface area contributed by atoms with E-state index in [1.807, 2.05) is 0 Å². The van der Waals surface area contributed by atoms with Gasteiger partial charge in [-0.3, -0.25) is 0 Å². The second kappa shape index (κ2) is 2.70. The summed E-state index contributed by atoms with van der Waals surface area (Å²) in [5.74, 6) is 0. The first-order valence-corrected chi connectivity index (χ1v) is 3.90. The van der Waals surface area contributed by atoms with Crippen molar-refractivity contribution in [2.45, 2.75) is 25.0 Å². The Balaban J connectivity index is 1.65. The highest BCUT2D eigenvalue weighted by Gasteiger charge is 2.27. The summed E-state index contributed by atoms with van der Waals surface area (Å²) < 4.78 is 10.2. The van der Waals surface area contributed by atoms with E-state index in [0.717, 1.165) is 12.8 Å². The number of alkyl carbamates (subject to hydrolysis) is 1. The first-order chi connectivity index (χ1) is 5.34. The molecule has 2 aliphatic rings. The van der Waals surface area contributed by atoms with Crippen molar-refractivity contribution < 1.29 is 14.3 Å². The molecule has 1 atom stereocenters. The minimum Gasteiger partial charge on any atom is -0.442 e. The van der Waals surface area contributed by atoms with Gasteiger partial charge < -0.3 is 14.8 Å². The summed E-state index contributed by atoms with van der Waals surface area (Å²) in [5.41, 5.74) is 0. The molecule has 1 unspecified atom stereocenters. The zero-order valence-corrected chi connectivity index (χ0v) is 6.21. The highest BCUT2D eigenvalue weighted by Crippen LogP contribution is 2.23. The first kappa shape index (κ1) is 6.91. The van der Waals surface area contributed by atoms with Gasteiger partial charge in [0.25, 0.3) is 0 Å². The maximum Gasteiger partial charge on any atom is 0.407 e. The Morgan fingerprint density at radius 2 is 2.45 bits per heavy atom. The molecule has 11 heavy (non-hydrogen) atoms. The number of carbonyl (C=O) groups is 1. The van der Waals surface area contributed by atoms with Crippen molar-refractivity contribution in [2.24, 2.45) is 0 Å². The van der Waals surface area contributed by atoms with Gasteiger partial charge in [0, 0.05) is 0 Å². The first-order valence-electron chi connectivity index (χ1n) is 3.90. The largest absolute Gasteiger partial charge is 0.442 e. The van der Waals surface area contributed by atoms with Crippen LogP contribution in [0, 0.1) is 0 Å². The van der Waals surface area contributed by atoms with Crippen molar-refractivity contribution in [2.75, 3.05) is 13.2 Å². The normalized spacial score (nSPS) is 29.8. The topological polar surface area (TPSA) is 47.6 Å². The van der Waals surface area contributed by atoms with Crippen molar-refractivity contribution in [3.63, 3.8) is 0 Å². The van der Waals surface area contributed by atoms with E-state index in [2.05, 4.69) is 5.32 Å². The fourth-order valence-electron chi connectivity index (χ4n) is 1.00. The Kier molecular flexibility index (Phi) is 1.69. The molecular weight excluding hydrogens is 146 g/mol. The molecular formula is C7H11NO3. The summed E-state index contributed by atoms with van der Waals surface area (Å²) in [6, 6.07) is 0. The standard InChI is InChI=1S/C7H11NO3/c9-7-8-3-6(11-7)4-10-5-1-2-5/h5-6H,1-4H2,(H,8,9). The van der Waals surface area contributed by atoms with Crippen molar-refractivity contribution in [3.8, 4) is 0 Å². The number of rotatable bonds is 3. The van der Waals surface area contributed by atoms with Crippen LogP contribution in [-0.2, 0) is 9.47 Å². The summed E-state index contributed by atoms with van der Waals surface area (Å²) in [6.07, 6.45) is 2.37. The molecule has 4 nitrogen and oxygen atoms in total. The van der Waals surface area contributed by atoms with E-state index in [4.69, 9.17) is 9.47 Å². The molecule has 1 N–H and O–H groups in total. The molecule has 2 fully saturated rings. The lowest BCUT2D eigenvalue weighted by molar-refractivity contribution is 0.0376. The molecule has 0 aromatic carbocycles. The number of carbonyl (C=O) groups excluding carboxylic acids is 1. The SMILES string of the molecule is O=C1NCC(COC2CC2)O1. The summed E-state index contributed by atoms with van der Waals surface area (Å²) >= 11 is 0. The van der Waals surface area contributed by atoms with Gasteiger partial charge in [0.2, 0.25) is 0 Å². The van der Waals surface area contributed by atoms with Gasteiger partial charge in [-0.15, -0.1) is 0 Å². The van der Waals surface area contributed by atoms with Crippen LogP contribution < -0.4 is 5.32 Å². The second-order valence-electron chi connectivity index (χ2n) is 2.94. The van der Waals surface area contributed by atoms with Gasteiger partial charge in [-0.1, -0.05) is 0 Å². The van der Waals surface area contributed by atoms with Crippen LogP contribution in [0.1, 0.15) is 12.8 Å². The Bertz CT molecular complexity index is 167. The Labute approximate surface area is 64.9 Å².